The number of hydrogen-bond acceptors (Lipinski definition) is 4. The molecule has 6 heteroatoms. The molecule has 43 heavy (non-hydrogen) atoms. The van der Waals surface area contributed by atoms with Gasteiger partial charge in [-0.3, -0.25) is 4.79 Å². The summed E-state index contributed by atoms with van der Waals surface area (Å²) in [5, 5.41) is 12.2. The average Bonchev–Trinajstić information content (AvgIpc) is 3.04. The van der Waals surface area contributed by atoms with Crippen molar-refractivity contribution in [2.45, 2.75) is 85.1 Å². The quantitative estimate of drug-likeness (QED) is 0.215. The number of hydrogen-bond donors (Lipinski definition) is 2. The summed E-state index contributed by atoms with van der Waals surface area (Å²) in [6, 6.07) is 19.8. The third-order valence-electron chi connectivity index (χ3n) is 7.73. The number of carboxylic acids is 1. The maximum Gasteiger partial charge on any atom is 0.326 e. The van der Waals surface area contributed by atoms with E-state index in [0.717, 1.165) is 47.5 Å². The minimum Gasteiger partial charge on any atom is -0.480 e. The van der Waals surface area contributed by atoms with Crippen LogP contribution in [0.3, 0.4) is 0 Å². The van der Waals surface area contributed by atoms with Crippen molar-refractivity contribution in [3.8, 4) is 11.1 Å². The molecule has 3 aromatic rings. The molecule has 1 aliphatic rings. The number of nitrogens with one attached hydrogen (secondary N) is 1. The minimum atomic E-state index is -0.993. The van der Waals surface area contributed by atoms with Crippen molar-refractivity contribution in [2.75, 3.05) is 25.7 Å². The van der Waals surface area contributed by atoms with Crippen LogP contribution in [0, 0.1) is 6.92 Å². The number of carboxylic acid groups (broad SMARTS) is 1. The Balaban J connectivity index is 0.000000329. The van der Waals surface area contributed by atoms with Gasteiger partial charge in [0.15, 0.2) is 0 Å². The maximum atomic E-state index is 12.9. The summed E-state index contributed by atoms with van der Waals surface area (Å²) in [5.74, 6) is -0.459. The number of amides is 1. The van der Waals surface area contributed by atoms with Crippen molar-refractivity contribution in [3.63, 3.8) is 0 Å². The second kappa shape index (κ2) is 20.0. The van der Waals surface area contributed by atoms with Gasteiger partial charge < -0.3 is 15.2 Å². The predicted molar refractivity (Wildman–Crippen MR) is 183 cm³/mol. The van der Waals surface area contributed by atoms with Gasteiger partial charge in [-0.15, -0.1) is 0 Å². The van der Waals surface area contributed by atoms with Gasteiger partial charge in [0.05, 0.1) is 0 Å². The Morgan fingerprint density at radius 3 is 2.14 bits per heavy atom. The number of ether oxygens (including phenoxy) is 1. The molecule has 0 fully saturated rings. The largest absolute Gasteiger partial charge is 0.480 e. The fraction of sp³-hybridized carbons (Fsp3) is 0.459. The van der Waals surface area contributed by atoms with Gasteiger partial charge in [0.2, 0.25) is 0 Å². The number of benzene rings is 3. The molecule has 5 nitrogen and oxygen atoms in total. The number of carbonyl (C=O) groups excluding carboxylic acids is 1. The molecule has 0 bridgehead atoms. The van der Waals surface area contributed by atoms with Gasteiger partial charge in [-0.2, -0.15) is 11.8 Å². The number of thioether (sulfide) groups is 1. The SMILES string of the molecule is CCOC.CCc1ccc(C(=O)NC(CCCSC)C(=O)O)c(-c2ccccc2C)c1.CCc1ccc2c(c1)CCCC2. The van der Waals surface area contributed by atoms with Crippen LogP contribution >= 0.6 is 11.8 Å². The van der Waals surface area contributed by atoms with E-state index in [1.54, 1.807) is 36.1 Å². The first-order valence-electron chi connectivity index (χ1n) is 15.6. The van der Waals surface area contributed by atoms with E-state index in [4.69, 9.17) is 0 Å². The number of aliphatic carboxylic acids is 1. The van der Waals surface area contributed by atoms with Crippen LogP contribution in [0.1, 0.15) is 84.6 Å². The molecule has 0 spiro atoms. The van der Waals surface area contributed by atoms with E-state index in [9.17, 15) is 14.7 Å². The molecule has 1 atom stereocenters. The Bertz CT molecular complexity index is 1290. The molecule has 2 N–H and O–H groups in total. The maximum absolute atomic E-state index is 12.9. The van der Waals surface area contributed by atoms with E-state index in [-0.39, 0.29) is 5.91 Å². The highest BCUT2D eigenvalue weighted by atomic mass is 32.2. The van der Waals surface area contributed by atoms with Crippen LogP contribution in [0.25, 0.3) is 11.1 Å². The summed E-state index contributed by atoms with van der Waals surface area (Å²) in [5.41, 5.74) is 9.27. The zero-order valence-electron chi connectivity index (χ0n) is 27.0. The number of carbonyl (C=O) groups is 2. The molecule has 0 radical (unpaired) electrons. The highest BCUT2D eigenvalue weighted by Crippen LogP contribution is 2.28. The number of aryl methyl sites for hydroxylation is 5. The summed E-state index contributed by atoms with van der Waals surface area (Å²) < 4.78 is 4.54. The summed E-state index contributed by atoms with van der Waals surface area (Å²) in [6.07, 6.45) is 10.6. The van der Waals surface area contributed by atoms with E-state index in [1.807, 2.05) is 56.5 Å². The van der Waals surface area contributed by atoms with Crippen LogP contribution in [0.2, 0.25) is 0 Å². The van der Waals surface area contributed by atoms with E-state index in [0.29, 0.717) is 12.0 Å². The van der Waals surface area contributed by atoms with Gasteiger partial charge in [0.1, 0.15) is 6.04 Å². The topological polar surface area (TPSA) is 75.6 Å². The van der Waals surface area contributed by atoms with Crippen molar-refractivity contribution < 1.29 is 19.4 Å². The standard InChI is InChI=1S/C22H27NO3S.C12H16.C3H8O/c1-4-16-11-12-18(19(14-16)17-9-6-5-8-15(17)2)21(24)23-20(22(25)26)10-7-13-27-3;1-2-10-7-8-11-5-3-4-6-12(11)9-10;1-3-4-2/h5-6,8-9,11-12,14,20H,4,7,10,13H2,1-3H3,(H,23,24)(H,25,26);7-9H,2-6H2,1H3;3H2,1-2H3. The van der Waals surface area contributed by atoms with Crippen LogP contribution in [-0.2, 0) is 35.2 Å². The Hall–Kier alpha value is -3.09. The van der Waals surface area contributed by atoms with Crippen LogP contribution in [-0.4, -0.2) is 48.8 Å². The van der Waals surface area contributed by atoms with Gasteiger partial charge in [0.25, 0.3) is 5.91 Å². The Morgan fingerprint density at radius 1 is 0.907 bits per heavy atom. The highest BCUT2D eigenvalue weighted by Gasteiger charge is 2.22. The van der Waals surface area contributed by atoms with Gasteiger partial charge >= 0.3 is 5.97 Å². The first-order chi connectivity index (χ1) is 20.8. The van der Waals surface area contributed by atoms with Crippen LogP contribution in [0.5, 0.6) is 0 Å². The zero-order chi connectivity index (χ0) is 31.6. The van der Waals surface area contributed by atoms with Crippen molar-refractivity contribution in [1.82, 2.24) is 5.32 Å². The molecule has 1 unspecified atom stereocenters. The number of methoxy groups -OCH3 is 1. The van der Waals surface area contributed by atoms with Gasteiger partial charge in [-0.05, 0) is 122 Å². The first kappa shape index (κ1) is 36.1. The van der Waals surface area contributed by atoms with E-state index in [2.05, 4.69) is 42.1 Å². The van der Waals surface area contributed by atoms with E-state index in [1.165, 1.54) is 37.7 Å². The lowest BCUT2D eigenvalue weighted by Crippen LogP contribution is -2.41. The molecule has 3 aromatic carbocycles. The molecule has 0 saturated heterocycles. The molecule has 234 valence electrons. The van der Waals surface area contributed by atoms with Gasteiger partial charge in [0, 0.05) is 19.3 Å². The minimum absolute atomic E-state index is 0.340. The zero-order valence-corrected chi connectivity index (χ0v) is 27.8. The Kier molecular flexibility index (Phi) is 16.8. The van der Waals surface area contributed by atoms with Crippen molar-refractivity contribution in [1.29, 1.82) is 0 Å². The summed E-state index contributed by atoms with van der Waals surface area (Å²) in [4.78, 5) is 24.5. The molecule has 0 heterocycles. The molecular formula is C37H51NO4S. The van der Waals surface area contributed by atoms with Gasteiger partial charge in [-0.1, -0.05) is 68.4 Å². The van der Waals surface area contributed by atoms with Gasteiger partial charge in [-0.25, -0.2) is 4.79 Å². The Morgan fingerprint density at radius 2 is 1.53 bits per heavy atom. The Labute approximate surface area is 263 Å². The third-order valence-corrected chi connectivity index (χ3v) is 8.42. The van der Waals surface area contributed by atoms with Crippen molar-refractivity contribution >= 4 is 23.6 Å². The number of fused-ring (bicyclic) bond motifs is 1. The fourth-order valence-electron chi connectivity index (χ4n) is 5.04. The molecule has 0 aromatic heterocycles. The van der Waals surface area contributed by atoms with E-state index < -0.39 is 12.0 Å². The molecular weight excluding hydrogens is 554 g/mol. The van der Waals surface area contributed by atoms with Crippen molar-refractivity contribution in [3.05, 3.63) is 94.0 Å². The molecule has 1 aliphatic carbocycles. The van der Waals surface area contributed by atoms with Crippen molar-refractivity contribution in [2.24, 2.45) is 0 Å². The summed E-state index contributed by atoms with van der Waals surface area (Å²) >= 11 is 1.67. The van der Waals surface area contributed by atoms with Crippen LogP contribution < -0.4 is 5.32 Å². The molecule has 4 rings (SSSR count). The number of rotatable bonds is 11. The smallest absolute Gasteiger partial charge is 0.326 e. The monoisotopic (exact) mass is 605 g/mol. The second-order valence-corrected chi connectivity index (χ2v) is 11.8. The lowest BCUT2D eigenvalue weighted by atomic mass is 9.90. The van der Waals surface area contributed by atoms with Crippen LogP contribution in [0.15, 0.2) is 60.7 Å². The fourth-order valence-corrected chi connectivity index (χ4v) is 5.49. The van der Waals surface area contributed by atoms with Crippen LogP contribution in [0.4, 0.5) is 0 Å². The third kappa shape index (κ3) is 11.8. The molecule has 1 amide bonds. The summed E-state index contributed by atoms with van der Waals surface area (Å²) in [6.45, 7) is 9.09. The second-order valence-electron chi connectivity index (χ2n) is 10.8. The van der Waals surface area contributed by atoms with E-state index >= 15 is 0 Å². The lowest BCUT2D eigenvalue weighted by Gasteiger charge is -2.17. The first-order valence-corrected chi connectivity index (χ1v) is 17.0. The average molecular weight is 606 g/mol. The molecule has 0 aliphatic heterocycles. The highest BCUT2D eigenvalue weighted by molar-refractivity contribution is 7.98. The normalized spacial score (nSPS) is 12.5. The lowest BCUT2D eigenvalue weighted by molar-refractivity contribution is -0.139. The predicted octanol–water partition coefficient (Wildman–Crippen LogP) is 8.33. The summed E-state index contributed by atoms with van der Waals surface area (Å²) in [7, 11) is 1.68. The molecule has 0 saturated carbocycles.